The number of benzene rings is 1. The van der Waals surface area contributed by atoms with Gasteiger partial charge in [-0.2, -0.15) is 0 Å². The van der Waals surface area contributed by atoms with Crippen LogP contribution in [0.3, 0.4) is 0 Å². The molecule has 0 saturated heterocycles. The summed E-state index contributed by atoms with van der Waals surface area (Å²) < 4.78 is 0. The molecule has 0 amide bonds. The number of nitrogens with one attached hydrogen (secondary N) is 1. The van der Waals surface area contributed by atoms with E-state index in [1.165, 1.54) is 0 Å². The molecule has 1 aromatic heterocycles. The highest BCUT2D eigenvalue weighted by atomic mass is 16.4. The summed E-state index contributed by atoms with van der Waals surface area (Å²) in [5.41, 5.74) is 2.30. The number of fused-ring (bicyclic) bond motifs is 1. The first-order valence-corrected chi connectivity index (χ1v) is 4.13. The Morgan fingerprint density at radius 3 is 2.62 bits per heavy atom. The molecule has 2 rings (SSSR count). The number of para-hydroxylation sites is 1. The Morgan fingerprint density at radius 2 is 1.92 bits per heavy atom. The van der Waals surface area contributed by atoms with E-state index in [0.29, 0.717) is 5.46 Å². The van der Waals surface area contributed by atoms with Gasteiger partial charge in [0.05, 0.1) is 0 Å². The number of H-pyrrole nitrogens is 1. The van der Waals surface area contributed by atoms with E-state index in [1.54, 1.807) is 0 Å². The number of aromatic amines is 1. The largest absolute Gasteiger partial charge is 0.490 e. The van der Waals surface area contributed by atoms with Gasteiger partial charge in [-0.1, -0.05) is 18.2 Å². The summed E-state index contributed by atoms with van der Waals surface area (Å²) in [6.45, 7) is 1.83. The van der Waals surface area contributed by atoms with Gasteiger partial charge in [0.2, 0.25) is 0 Å². The van der Waals surface area contributed by atoms with Crippen molar-refractivity contribution in [2.45, 2.75) is 6.92 Å². The zero-order chi connectivity index (χ0) is 9.42. The number of hydrogen-bond donors (Lipinski definition) is 3. The minimum Gasteiger partial charge on any atom is -0.423 e. The summed E-state index contributed by atoms with van der Waals surface area (Å²) in [6.07, 6.45) is 0. The number of rotatable bonds is 1. The predicted octanol–water partition coefficient (Wildman–Crippen LogP) is 0.156. The number of hydrogen-bond acceptors (Lipinski definition) is 2. The molecule has 0 atom stereocenters. The highest BCUT2D eigenvalue weighted by Gasteiger charge is 2.18. The predicted molar refractivity (Wildman–Crippen MR) is 52.9 cm³/mol. The first-order valence-electron chi connectivity index (χ1n) is 4.13. The Morgan fingerprint density at radius 1 is 1.23 bits per heavy atom. The molecule has 66 valence electrons. The highest BCUT2D eigenvalue weighted by Crippen LogP contribution is 2.11. The van der Waals surface area contributed by atoms with E-state index in [1.807, 2.05) is 31.2 Å². The van der Waals surface area contributed by atoms with Gasteiger partial charge in [0.1, 0.15) is 0 Å². The van der Waals surface area contributed by atoms with Crippen LogP contribution in [0.15, 0.2) is 24.3 Å². The monoisotopic (exact) mass is 175 g/mol. The second-order valence-corrected chi connectivity index (χ2v) is 3.08. The van der Waals surface area contributed by atoms with Crippen molar-refractivity contribution >= 4 is 23.5 Å². The molecular formula is C9H10BNO2. The lowest BCUT2D eigenvalue weighted by Gasteiger charge is -1.97. The Kier molecular flexibility index (Phi) is 1.86. The molecule has 13 heavy (non-hydrogen) atoms. The summed E-state index contributed by atoms with van der Waals surface area (Å²) >= 11 is 0. The minimum atomic E-state index is -1.41. The van der Waals surface area contributed by atoms with Crippen LogP contribution in [-0.4, -0.2) is 22.2 Å². The highest BCUT2D eigenvalue weighted by molar-refractivity contribution is 6.62. The van der Waals surface area contributed by atoms with Crippen molar-refractivity contribution in [3.8, 4) is 0 Å². The summed E-state index contributed by atoms with van der Waals surface area (Å²) in [7, 11) is -1.41. The van der Waals surface area contributed by atoms with E-state index in [2.05, 4.69) is 4.98 Å². The molecule has 0 saturated carbocycles. The summed E-state index contributed by atoms with van der Waals surface area (Å²) in [4.78, 5) is 3.09. The average Bonchev–Trinajstić information content (AvgIpc) is 2.39. The van der Waals surface area contributed by atoms with Gasteiger partial charge in [0, 0.05) is 16.7 Å². The van der Waals surface area contributed by atoms with Gasteiger partial charge in [0.15, 0.2) is 0 Å². The Labute approximate surface area is 76.2 Å². The SMILES string of the molecule is Cc1[nH]c2ccccc2c1B(O)O. The lowest BCUT2D eigenvalue weighted by molar-refractivity contribution is 0.426. The van der Waals surface area contributed by atoms with Gasteiger partial charge in [-0.3, -0.25) is 0 Å². The molecule has 2 aromatic rings. The molecule has 1 heterocycles. The molecule has 4 heteroatoms. The van der Waals surface area contributed by atoms with Crippen LogP contribution >= 0.6 is 0 Å². The lowest BCUT2D eigenvalue weighted by Crippen LogP contribution is -2.31. The van der Waals surface area contributed by atoms with Gasteiger partial charge >= 0.3 is 7.12 Å². The van der Waals surface area contributed by atoms with Crippen LogP contribution in [0, 0.1) is 6.92 Å². The second kappa shape index (κ2) is 2.90. The molecule has 0 aliphatic carbocycles. The van der Waals surface area contributed by atoms with Gasteiger partial charge < -0.3 is 15.0 Å². The molecule has 0 bridgehead atoms. The average molecular weight is 175 g/mol. The topological polar surface area (TPSA) is 56.2 Å². The van der Waals surface area contributed by atoms with E-state index in [0.717, 1.165) is 16.6 Å². The Balaban J connectivity index is 2.78. The molecule has 0 spiro atoms. The molecule has 3 nitrogen and oxygen atoms in total. The van der Waals surface area contributed by atoms with E-state index in [-0.39, 0.29) is 0 Å². The quantitative estimate of drug-likeness (QED) is 0.540. The molecule has 0 radical (unpaired) electrons. The maximum Gasteiger partial charge on any atom is 0.490 e. The van der Waals surface area contributed by atoms with Gasteiger partial charge in [-0.25, -0.2) is 0 Å². The van der Waals surface area contributed by atoms with Crippen molar-refractivity contribution in [2.75, 3.05) is 0 Å². The van der Waals surface area contributed by atoms with Gasteiger partial charge in [0.25, 0.3) is 0 Å². The third kappa shape index (κ3) is 1.24. The van der Waals surface area contributed by atoms with Gasteiger partial charge in [-0.05, 0) is 18.4 Å². The smallest absolute Gasteiger partial charge is 0.423 e. The van der Waals surface area contributed by atoms with E-state index in [9.17, 15) is 0 Å². The van der Waals surface area contributed by atoms with Crippen LogP contribution in [-0.2, 0) is 0 Å². The minimum absolute atomic E-state index is 0.565. The molecule has 3 N–H and O–H groups in total. The third-order valence-corrected chi connectivity index (χ3v) is 2.20. The first kappa shape index (κ1) is 8.35. The van der Waals surface area contributed by atoms with E-state index >= 15 is 0 Å². The zero-order valence-corrected chi connectivity index (χ0v) is 7.28. The second-order valence-electron chi connectivity index (χ2n) is 3.08. The van der Waals surface area contributed by atoms with Crippen LogP contribution in [0.2, 0.25) is 0 Å². The maximum absolute atomic E-state index is 9.13. The molecule has 0 aliphatic rings. The third-order valence-electron chi connectivity index (χ3n) is 2.20. The van der Waals surface area contributed by atoms with Gasteiger partial charge in [-0.15, -0.1) is 0 Å². The van der Waals surface area contributed by atoms with Crippen LogP contribution < -0.4 is 5.46 Å². The normalized spacial score (nSPS) is 10.7. The zero-order valence-electron chi connectivity index (χ0n) is 7.28. The van der Waals surface area contributed by atoms with Crippen LogP contribution in [0.4, 0.5) is 0 Å². The molecule has 0 unspecified atom stereocenters. The van der Waals surface area contributed by atoms with Crippen molar-refractivity contribution in [1.82, 2.24) is 4.98 Å². The van der Waals surface area contributed by atoms with Crippen molar-refractivity contribution in [2.24, 2.45) is 0 Å². The van der Waals surface area contributed by atoms with Crippen LogP contribution in [0.5, 0.6) is 0 Å². The summed E-state index contributed by atoms with van der Waals surface area (Å²) in [5.74, 6) is 0. The molecule has 0 aliphatic heterocycles. The molecule has 0 fully saturated rings. The van der Waals surface area contributed by atoms with Crippen molar-refractivity contribution in [3.63, 3.8) is 0 Å². The van der Waals surface area contributed by atoms with Crippen LogP contribution in [0.1, 0.15) is 5.69 Å². The fourth-order valence-corrected chi connectivity index (χ4v) is 1.63. The molecular weight excluding hydrogens is 165 g/mol. The lowest BCUT2D eigenvalue weighted by atomic mass is 9.78. The maximum atomic E-state index is 9.13. The standard InChI is InChI=1S/C9H10BNO2/c1-6-9(10(12)13)7-4-2-3-5-8(7)11-6/h2-5,11-13H,1H3. The summed E-state index contributed by atoms with van der Waals surface area (Å²) in [6, 6.07) is 7.56. The van der Waals surface area contributed by atoms with Crippen LogP contribution in [0.25, 0.3) is 10.9 Å². The fourth-order valence-electron chi connectivity index (χ4n) is 1.63. The van der Waals surface area contributed by atoms with Crippen molar-refractivity contribution in [1.29, 1.82) is 0 Å². The number of aromatic nitrogens is 1. The van der Waals surface area contributed by atoms with E-state index < -0.39 is 7.12 Å². The fraction of sp³-hybridized carbons (Fsp3) is 0.111. The van der Waals surface area contributed by atoms with Crippen molar-refractivity contribution < 1.29 is 10.0 Å². The Bertz CT molecular complexity index is 436. The van der Waals surface area contributed by atoms with E-state index in [4.69, 9.17) is 10.0 Å². The Hall–Kier alpha value is -1.26. The molecule has 1 aromatic carbocycles. The summed E-state index contributed by atoms with van der Waals surface area (Å²) in [5, 5.41) is 19.1. The first-order chi connectivity index (χ1) is 6.20. The number of aryl methyl sites for hydroxylation is 1. The van der Waals surface area contributed by atoms with Crippen molar-refractivity contribution in [3.05, 3.63) is 30.0 Å².